The van der Waals surface area contributed by atoms with Crippen molar-refractivity contribution in [3.63, 3.8) is 0 Å². The van der Waals surface area contributed by atoms with Gasteiger partial charge in [0.15, 0.2) is 0 Å². The van der Waals surface area contributed by atoms with Crippen molar-refractivity contribution >= 4 is 0 Å². The molecule has 0 bridgehead atoms. The van der Waals surface area contributed by atoms with Crippen LogP contribution >= 0.6 is 0 Å². The van der Waals surface area contributed by atoms with E-state index in [1.165, 1.54) is 5.56 Å². The van der Waals surface area contributed by atoms with Crippen LogP contribution in [0.1, 0.15) is 12.5 Å². The van der Waals surface area contributed by atoms with Crippen LogP contribution in [0.4, 0.5) is 0 Å². The molecule has 0 saturated heterocycles. The fourth-order valence-corrected chi connectivity index (χ4v) is 1.05. The van der Waals surface area contributed by atoms with Crippen LogP contribution in [0.15, 0.2) is 54.8 Å². The average Bonchev–Trinajstić information content (AvgIpc) is 2.18. The topological polar surface area (TPSA) is 9.23 Å². The summed E-state index contributed by atoms with van der Waals surface area (Å²) in [5.74, 6) is 0. The summed E-state index contributed by atoms with van der Waals surface area (Å²) in [4.78, 5) is 0. The third kappa shape index (κ3) is 4.51. The van der Waals surface area contributed by atoms with Gasteiger partial charge in [-0.2, -0.15) is 0 Å². The zero-order valence-corrected chi connectivity index (χ0v) is 8.57. The largest absolute Gasteiger partial charge is 0.501 e. The maximum atomic E-state index is 5.31. The van der Waals surface area contributed by atoms with E-state index < -0.39 is 0 Å². The van der Waals surface area contributed by atoms with Crippen LogP contribution < -0.4 is 0 Å². The number of hydrogen-bond donors (Lipinski definition) is 0. The minimum Gasteiger partial charge on any atom is -0.501 e. The van der Waals surface area contributed by atoms with Gasteiger partial charge in [-0.05, 0) is 18.6 Å². The van der Waals surface area contributed by atoms with Gasteiger partial charge in [-0.25, -0.2) is 0 Å². The lowest BCUT2D eigenvalue weighted by Gasteiger charge is -2.00. The summed E-state index contributed by atoms with van der Waals surface area (Å²) < 4.78 is 5.31. The predicted octanol–water partition coefficient (Wildman–Crippen LogP) is 3.34. The van der Waals surface area contributed by atoms with E-state index in [1.807, 2.05) is 31.2 Å². The minimum absolute atomic E-state index is 0.716. The first kappa shape index (κ1) is 10.6. The van der Waals surface area contributed by atoms with Crippen molar-refractivity contribution < 1.29 is 4.74 Å². The Balaban J connectivity index is 2.19. The molecule has 0 saturated carbocycles. The number of ether oxygens (including phenoxy) is 1. The van der Waals surface area contributed by atoms with Gasteiger partial charge >= 0.3 is 0 Å². The highest BCUT2D eigenvalue weighted by molar-refractivity contribution is 5.14. The van der Waals surface area contributed by atoms with Crippen LogP contribution in [0.3, 0.4) is 0 Å². The zero-order valence-electron chi connectivity index (χ0n) is 8.57. The predicted molar refractivity (Wildman–Crippen MR) is 60.1 cm³/mol. The first-order chi connectivity index (χ1) is 6.79. The normalized spacial score (nSPS) is 10.4. The van der Waals surface area contributed by atoms with Crippen molar-refractivity contribution in [3.05, 3.63) is 60.4 Å². The maximum absolute atomic E-state index is 5.31. The van der Waals surface area contributed by atoms with Gasteiger partial charge in [0.25, 0.3) is 0 Å². The Morgan fingerprint density at radius 3 is 2.71 bits per heavy atom. The van der Waals surface area contributed by atoms with Crippen LogP contribution in [-0.4, -0.2) is 6.61 Å². The Morgan fingerprint density at radius 2 is 2.07 bits per heavy atom. The molecule has 0 spiro atoms. The van der Waals surface area contributed by atoms with Crippen molar-refractivity contribution in [1.29, 1.82) is 0 Å². The lowest BCUT2D eigenvalue weighted by Crippen LogP contribution is -1.92. The molecule has 0 radical (unpaired) electrons. The smallest absolute Gasteiger partial charge is 0.0913 e. The van der Waals surface area contributed by atoms with Gasteiger partial charge < -0.3 is 4.74 Å². The highest BCUT2D eigenvalue weighted by Crippen LogP contribution is 1.99. The third-order valence-electron chi connectivity index (χ3n) is 1.80. The standard InChI is InChI=1S/C13H16O/c1-12(2)8-10-14-11-9-13-6-4-3-5-7-13/h3-8,10H,1,9,11H2,2H3/b10-8+. The molecule has 0 heterocycles. The minimum atomic E-state index is 0.716. The first-order valence-corrected chi connectivity index (χ1v) is 4.76. The molecule has 14 heavy (non-hydrogen) atoms. The number of hydrogen-bond acceptors (Lipinski definition) is 1. The molecule has 1 heteroatoms. The van der Waals surface area contributed by atoms with Gasteiger partial charge in [0, 0.05) is 6.42 Å². The summed E-state index contributed by atoms with van der Waals surface area (Å²) in [6, 6.07) is 10.3. The van der Waals surface area contributed by atoms with Crippen molar-refractivity contribution in [2.75, 3.05) is 6.61 Å². The van der Waals surface area contributed by atoms with E-state index in [0.29, 0.717) is 6.61 Å². The second-order valence-corrected chi connectivity index (χ2v) is 3.26. The SMILES string of the molecule is C=C(C)/C=C/OCCc1ccccc1. The van der Waals surface area contributed by atoms with Gasteiger partial charge in [-0.3, -0.25) is 0 Å². The molecule has 0 aliphatic carbocycles. The van der Waals surface area contributed by atoms with E-state index >= 15 is 0 Å². The van der Waals surface area contributed by atoms with Crippen molar-refractivity contribution in [2.45, 2.75) is 13.3 Å². The molecule has 0 amide bonds. The van der Waals surface area contributed by atoms with Gasteiger partial charge in [0.05, 0.1) is 12.9 Å². The van der Waals surface area contributed by atoms with Crippen LogP contribution in [0.2, 0.25) is 0 Å². The Hall–Kier alpha value is -1.50. The van der Waals surface area contributed by atoms with E-state index in [1.54, 1.807) is 6.26 Å². The summed E-state index contributed by atoms with van der Waals surface area (Å²) in [5, 5.41) is 0. The lowest BCUT2D eigenvalue weighted by molar-refractivity contribution is 0.253. The molecule has 0 fully saturated rings. The molecular weight excluding hydrogens is 172 g/mol. The summed E-state index contributed by atoms with van der Waals surface area (Å²) in [6.45, 7) is 6.40. The average molecular weight is 188 g/mol. The molecule has 74 valence electrons. The second-order valence-electron chi connectivity index (χ2n) is 3.26. The molecular formula is C13H16O. The monoisotopic (exact) mass is 188 g/mol. The van der Waals surface area contributed by atoms with Crippen molar-refractivity contribution in [2.24, 2.45) is 0 Å². The lowest BCUT2D eigenvalue weighted by atomic mass is 10.2. The summed E-state index contributed by atoms with van der Waals surface area (Å²) in [7, 11) is 0. The quantitative estimate of drug-likeness (QED) is 0.391. The second kappa shape index (κ2) is 6.03. The van der Waals surface area contributed by atoms with Crippen LogP contribution in [0.25, 0.3) is 0 Å². The summed E-state index contributed by atoms with van der Waals surface area (Å²) in [5.41, 5.74) is 2.31. The summed E-state index contributed by atoms with van der Waals surface area (Å²) in [6.07, 6.45) is 4.51. The van der Waals surface area contributed by atoms with E-state index in [0.717, 1.165) is 12.0 Å². The van der Waals surface area contributed by atoms with Gasteiger partial charge in [-0.1, -0.05) is 42.5 Å². The Bertz CT molecular complexity index is 298. The maximum Gasteiger partial charge on any atom is 0.0913 e. The number of benzene rings is 1. The van der Waals surface area contributed by atoms with Crippen LogP contribution in [0.5, 0.6) is 0 Å². The number of rotatable bonds is 5. The zero-order chi connectivity index (χ0) is 10.2. The van der Waals surface area contributed by atoms with Gasteiger partial charge in [-0.15, -0.1) is 0 Å². The highest BCUT2D eigenvalue weighted by atomic mass is 16.5. The molecule has 0 aliphatic rings. The molecule has 1 aromatic carbocycles. The molecule has 0 atom stereocenters. The van der Waals surface area contributed by atoms with E-state index in [-0.39, 0.29) is 0 Å². The molecule has 1 nitrogen and oxygen atoms in total. The fourth-order valence-electron chi connectivity index (χ4n) is 1.05. The Kier molecular flexibility index (Phi) is 4.56. The molecule has 0 aliphatic heterocycles. The molecule has 1 rings (SSSR count). The fraction of sp³-hybridized carbons (Fsp3) is 0.231. The van der Waals surface area contributed by atoms with Crippen LogP contribution in [-0.2, 0) is 11.2 Å². The van der Waals surface area contributed by atoms with Crippen molar-refractivity contribution in [1.82, 2.24) is 0 Å². The molecule has 1 aromatic rings. The van der Waals surface area contributed by atoms with E-state index in [2.05, 4.69) is 18.7 Å². The van der Waals surface area contributed by atoms with E-state index in [9.17, 15) is 0 Å². The van der Waals surface area contributed by atoms with Gasteiger partial charge in [0.1, 0.15) is 0 Å². The third-order valence-corrected chi connectivity index (χ3v) is 1.80. The highest BCUT2D eigenvalue weighted by Gasteiger charge is 1.89. The Morgan fingerprint density at radius 1 is 1.36 bits per heavy atom. The number of allylic oxidation sites excluding steroid dienone is 2. The first-order valence-electron chi connectivity index (χ1n) is 4.76. The van der Waals surface area contributed by atoms with E-state index in [4.69, 9.17) is 4.74 Å². The molecule has 0 N–H and O–H groups in total. The van der Waals surface area contributed by atoms with Crippen molar-refractivity contribution in [3.8, 4) is 0 Å². The van der Waals surface area contributed by atoms with Gasteiger partial charge in [0.2, 0.25) is 0 Å². The summed E-state index contributed by atoms with van der Waals surface area (Å²) >= 11 is 0. The molecule has 0 aromatic heterocycles. The molecule has 0 unspecified atom stereocenters. The van der Waals surface area contributed by atoms with Crippen LogP contribution in [0, 0.1) is 0 Å². The Labute approximate surface area is 85.7 Å².